The molecule has 2 aromatic heterocycles. The zero-order valence-corrected chi connectivity index (χ0v) is 18.2. The predicted molar refractivity (Wildman–Crippen MR) is 109 cm³/mol. The van der Waals surface area contributed by atoms with Gasteiger partial charge in [0.1, 0.15) is 5.15 Å². The number of aryl methyl sites for hydroxylation is 3. The predicted octanol–water partition coefficient (Wildman–Crippen LogP) is 6.93. The molecule has 0 bridgehead atoms. The van der Waals surface area contributed by atoms with E-state index in [9.17, 15) is 0 Å². The van der Waals surface area contributed by atoms with E-state index in [1.54, 1.807) is 6.92 Å². The SMILES string of the molecule is CC.CC.CCc1cc(Br)cc2c(C)c(-c3nc(C)no3)c(Cl)nc12. The Hall–Kier alpha value is -1.46. The van der Waals surface area contributed by atoms with Gasteiger partial charge >= 0.3 is 0 Å². The summed E-state index contributed by atoms with van der Waals surface area (Å²) in [5.74, 6) is 0.978. The molecule has 0 amide bonds. The first-order valence-electron chi connectivity index (χ1n) is 8.60. The molecule has 0 unspecified atom stereocenters. The minimum absolute atomic E-state index is 0.390. The lowest BCUT2D eigenvalue weighted by molar-refractivity contribution is 0.425. The normalized spacial score (nSPS) is 9.96. The Bertz CT molecular complexity index is 846. The first-order chi connectivity index (χ1) is 12.0. The molecule has 0 aliphatic carbocycles. The average molecular weight is 427 g/mol. The Labute approximate surface area is 163 Å². The molecule has 0 atom stereocenters. The topological polar surface area (TPSA) is 51.8 Å². The number of fused-ring (bicyclic) bond motifs is 1. The molecule has 2 heterocycles. The van der Waals surface area contributed by atoms with Crippen molar-refractivity contribution in [1.82, 2.24) is 15.1 Å². The summed E-state index contributed by atoms with van der Waals surface area (Å²) in [6.07, 6.45) is 0.887. The number of benzene rings is 1. The van der Waals surface area contributed by atoms with E-state index in [1.165, 1.54) is 0 Å². The number of hydrogen-bond acceptors (Lipinski definition) is 4. The Balaban J connectivity index is 0.000000730. The van der Waals surface area contributed by atoms with Crippen LogP contribution >= 0.6 is 27.5 Å². The standard InChI is InChI=1S/C15H13BrClN3O.2C2H6/c1-4-9-5-10(16)6-11-7(2)12(14(17)19-13(9)11)15-18-8(3)20-21-15;2*1-2/h5-6H,4H2,1-3H3;2*1-2H3. The van der Waals surface area contributed by atoms with Gasteiger partial charge in [-0.2, -0.15) is 4.98 Å². The lowest BCUT2D eigenvalue weighted by atomic mass is 10.0. The molecule has 0 aliphatic heterocycles. The summed E-state index contributed by atoms with van der Waals surface area (Å²) in [4.78, 5) is 8.81. The summed E-state index contributed by atoms with van der Waals surface area (Å²) in [5, 5.41) is 5.25. The van der Waals surface area contributed by atoms with Crippen LogP contribution in [0.15, 0.2) is 21.1 Å². The lowest BCUT2D eigenvalue weighted by Crippen LogP contribution is -1.95. The number of aromatic nitrogens is 3. The Morgan fingerprint density at radius 1 is 1.08 bits per heavy atom. The van der Waals surface area contributed by atoms with Crippen molar-refractivity contribution >= 4 is 38.4 Å². The van der Waals surface area contributed by atoms with Crippen LogP contribution < -0.4 is 0 Å². The quantitative estimate of drug-likeness (QED) is 0.417. The minimum Gasteiger partial charge on any atom is -0.334 e. The van der Waals surface area contributed by atoms with E-state index in [4.69, 9.17) is 16.1 Å². The van der Waals surface area contributed by atoms with Crippen LogP contribution in [0.2, 0.25) is 5.15 Å². The van der Waals surface area contributed by atoms with Crippen LogP contribution in [0, 0.1) is 13.8 Å². The largest absolute Gasteiger partial charge is 0.334 e. The van der Waals surface area contributed by atoms with Crippen molar-refractivity contribution in [1.29, 1.82) is 0 Å². The monoisotopic (exact) mass is 425 g/mol. The molecule has 0 aliphatic rings. The van der Waals surface area contributed by atoms with E-state index >= 15 is 0 Å². The van der Waals surface area contributed by atoms with Crippen LogP contribution in [-0.4, -0.2) is 15.1 Å². The van der Waals surface area contributed by atoms with Gasteiger partial charge in [0, 0.05) is 9.86 Å². The fraction of sp³-hybridized carbons (Fsp3) is 0.421. The van der Waals surface area contributed by atoms with Gasteiger partial charge in [0.25, 0.3) is 5.89 Å². The third-order valence-corrected chi connectivity index (χ3v) is 4.20. The van der Waals surface area contributed by atoms with Gasteiger partial charge in [-0.05, 0) is 43.5 Å². The first-order valence-corrected chi connectivity index (χ1v) is 9.77. The lowest BCUT2D eigenvalue weighted by Gasteiger charge is -2.11. The molecule has 6 heteroatoms. The van der Waals surface area contributed by atoms with Crippen molar-refractivity contribution in [2.75, 3.05) is 0 Å². The average Bonchev–Trinajstić information content (AvgIpc) is 3.04. The molecular formula is C19H25BrClN3O. The Morgan fingerprint density at radius 3 is 2.24 bits per heavy atom. The van der Waals surface area contributed by atoms with Gasteiger partial charge in [-0.25, -0.2) is 4.98 Å². The van der Waals surface area contributed by atoms with Crippen molar-refractivity contribution in [3.8, 4) is 11.5 Å². The van der Waals surface area contributed by atoms with Gasteiger partial charge in [-0.3, -0.25) is 0 Å². The van der Waals surface area contributed by atoms with E-state index in [0.717, 1.165) is 32.9 Å². The summed E-state index contributed by atoms with van der Waals surface area (Å²) >= 11 is 9.92. The van der Waals surface area contributed by atoms with Crippen molar-refractivity contribution in [3.05, 3.63) is 38.7 Å². The van der Waals surface area contributed by atoms with Gasteiger partial charge in [-0.15, -0.1) is 0 Å². The highest BCUT2D eigenvalue weighted by molar-refractivity contribution is 9.10. The van der Waals surface area contributed by atoms with Crippen molar-refractivity contribution in [3.63, 3.8) is 0 Å². The highest BCUT2D eigenvalue weighted by Gasteiger charge is 2.19. The number of rotatable bonds is 2. The number of hydrogen-bond donors (Lipinski definition) is 0. The van der Waals surface area contributed by atoms with Crippen LogP contribution in [0.5, 0.6) is 0 Å². The third-order valence-electron chi connectivity index (χ3n) is 3.47. The summed E-state index contributed by atoms with van der Waals surface area (Å²) in [6, 6.07) is 4.11. The summed E-state index contributed by atoms with van der Waals surface area (Å²) < 4.78 is 6.27. The summed E-state index contributed by atoms with van der Waals surface area (Å²) in [5.41, 5.74) is 3.76. The zero-order valence-electron chi connectivity index (χ0n) is 15.9. The van der Waals surface area contributed by atoms with Crippen molar-refractivity contribution in [2.45, 2.75) is 54.9 Å². The Kier molecular flexibility index (Phi) is 8.53. The van der Waals surface area contributed by atoms with Crippen molar-refractivity contribution in [2.24, 2.45) is 0 Å². The Morgan fingerprint density at radius 2 is 1.72 bits per heavy atom. The minimum atomic E-state index is 0.390. The molecule has 0 spiro atoms. The molecule has 3 aromatic rings. The number of halogens is 2. The molecule has 0 saturated heterocycles. The van der Waals surface area contributed by atoms with Gasteiger partial charge < -0.3 is 4.52 Å². The van der Waals surface area contributed by atoms with Crippen molar-refractivity contribution < 1.29 is 4.52 Å². The second-order valence-corrected chi connectivity index (χ2v) is 6.14. The molecule has 25 heavy (non-hydrogen) atoms. The maximum Gasteiger partial charge on any atom is 0.261 e. The second kappa shape index (κ2) is 9.88. The van der Waals surface area contributed by atoms with Crippen LogP contribution in [0.4, 0.5) is 0 Å². The molecular weight excluding hydrogens is 402 g/mol. The van der Waals surface area contributed by atoms with Crippen LogP contribution in [0.3, 0.4) is 0 Å². The molecule has 1 aromatic carbocycles. The molecule has 0 saturated carbocycles. The first kappa shape index (κ1) is 21.6. The molecule has 136 valence electrons. The summed E-state index contributed by atoms with van der Waals surface area (Å²) in [6.45, 7) is 13.9. The zero-order chi connectivity index (χ0) is 19.1. The van der Waals surface area contributed by atoms with E-state index in [-0.39, 0.29) is 0 Å². The van der Waals surface area contributed by atoms with Crippen LogP contribution in [0.25, 0.3) is 22.4 Å². The highest BCUT2D eigenvalue weighted by Crippen LogP contribution is 2.36. The summed E-state index contributed by atoms with van der Waals surface area (Å²) in [7, 11) is 0. The van der Waals surface area contributed by atoms with E-state index in [2.05, 4.69) is 44.0 Å². The highest BCUT2D eigenvalue weighted by atomic mass is 79.9. The van der Waals surface area contributed by atoms with Crippen LogP contribution in [0.1, 0.15) is 51.6 Å². The molecule has 0 N–H and O–H groups in total. The van der Waals surface area contributed by atoms with Gasteiger partial charge in [-0.1, -0.05) is 67.3 Å². The second-order valence-electron chi connectivity index (χ2n) is 4.86. The molecule has 3 rings (SSSR count). The molecule has 0 radical (unpaired) electrons. The van der Waals surface area contributed by atoms with Gasteiger partial charge in [0.05, 0.1) is 11.1 Å². The maximum atomic E-state index is 6.37. The van der Waals surface area contributed by atoms with Gasteiger partial charge in [0.2, 0.25) is 0 Å². The molecule has 0 fully saturated rings. The molecule has 4 nitrogen and oxygen atoms in total. The van der Waals surface area contributed by atoms with E-state index in [0.29, 0.717) is 22.4 Å². The number of pyridine rings is 1. The fourth-order valence-electron chi connectivity index (χ4n) is 2.43. The smallest absolute Gasteiger partial charge is 0.261 e. The van der Waals surface area contributed by atoms with E-state index in [1.807, 2.05) is 40.7 Å². The number of nitrogens with zero attached hydrogens (tertiary/aromatic N) is 3. The fourth-order valence-corrected chi connectivity index (χ4v) is 3.25. The third kappa shape index (κ3) is 4.59. The van der Waals surface area contributed by atoms with E-state index < -0.39 is 0 Å². The van der Waals surface area contributed by atoms with Gasteiger partial charge in [0.15, 0.2) is 5.82 Å². The van der Waals surface area contributed by atoms with Crippen LogP contribution in [-0.2, 0) is 6.42 Å². The maximum absolute atomic E-state index is 6.37.